The van der Waals surface area contributed by atoms with Crippen LogP contribution in [0.3, 0.4) is 0 Å². The first-order valence-electron chi connectivity index (χ1n) is 9.14. The minimum absolute atomic E-state index is 0.0347. The number of carbonyl (C=O) groups is 1. The number of fused-ring (bicyclic) bond motifs is 1. The summed E-state index contributed by atoms with van der Waals surface area (Å²) in [6.07, 6.45) is 0.767. The zero-order valence-corrected chi connectivity index (χ0v) is 15.8. The van der Waals surface area contributed by atoms with E-state index in [1.165, 1.54) is 30.9 Å². The lowest BCUT2D eigenvalue weighted by atomic mass is 10.0. The normalized spacial score (nSPS) is 16.0. The summed E-state index contributed by atoms with van der Waals surface area (Å²) in [6, 6.07) is 14.4. The van der Waals surface area contributed by atoms with E-state index in [9.17, 15) is 9.18 Å². The fourth-order valence-corrected chi connectivity index (χ4v) is 3.74. The standard InChI is InChI=1S/C21H21FN4O2/c1-14-23-24-20-13-25(21(27)16-8-9-18(22)19(11-16)28-2)12-17(26(14)20)10-15-6-4-3-5-7-15/h3-9,11,17H,10,12-13H2,1-2H3/t17-/m1/s1. The van der Waals surface area contributed by atoms with Crippen LogP contribution in [0.5, 0.6) is 5.75 Å². The van der Waals surface area contributed by atoms with Gasteiger partial charge in [0.25, 0.3) is 5.91 Å². The van der Waals surface area contributed by atoms with Crippen LogP contribution in [0.2, 0.25) is 0 Å². The van der Waals surface area contributed by atoms with Crippen LogP contribution in [0.15, 0.2) is 48.5 Å². The zero-order valence-electron chi connectivity index (χ0n) is 15.8. The van der Waals surface area contributed by atoms with Gasteiger partial charge in [0.15, 0.2) is 17.4 Å². The van der Waals surface area contributed by atoms with Crippen molar-refractivity contribution in [2.45, 2.75) is 25.9 Å². The Morgan fingerprint density at radius 2 is 2.00 bits per heavy atom. The van der Waals surface area contributed by atoms with E-state index < -0.39 is 5.82 Å². The van der Waals surface area contributed by atoms with Gasteiger partial charge in [-0.1, -0.05) is 30.3 Å². The molecule has 1 aliphatic rings. The number of halogens is 1. The molecule has 6 nitrogen and oxygen atoms in total. The van der Waals surface area contributed by atoms with Crippen LogP contribution in [0.1, 0.15) is 33.6 Å². The van der Waals surface area contributed by atoms with Crippen LogP contribution in [-0.4, -0.2) is 39.2 Å². The molecule has 1 aliphatic heterocycles. The summed E-state index contributed by atoms with van der Waals surface area (Å²) in [6.45, 7) is 2.82. The Kier molecular flexibility index (Phi) is 4.81. The third-order valence-electron chi connectivity index (χ3n) is 5.06. The van der Waals surface area contributed by atoms with E-state index in [1.54, 1.807) is 4.90 Å². The second kappa shape index (κ2) is 7.42. The second-order valence-electron chi connectivity index (χ2n) is 6.91. The molecule has 28 heavy (non-hydrogen) atoms. The smallest absolute Gasteiger partial charge is 0.254 e. The van der Waals surface area contributed by atoms with Gasteiger partial charge in [0, 0.05) is 12.1 Å². The van der Waals surface area contributed by atoms with Gasteiger partial charge in [-0.25, -0.2) is 4.39 Å². The number of rotatable bonds is 4. The molecule has 0 fully saturated rings. The first kappa shape index (κ1) is 18.2. The lowest BCUT2D eigenvalue weighted by Gasteiger charge is -2.34. The number of hydrogen-bond donors (Lipinski definition) is 0. The Labute approximate surface area is 162 Å². The maximum Gasteiger partial charge on any atom is 0.254 e. The van der Waals surface area contributed by atoms with Crippen LogP contribution in [0, 0.1) is 12.7 Å². The number of aromatic nitrogens is 3. The summed E-state index contributed by atoms with van der Waals surface area (Å²) in [5.74, 6) is 0.986. The molecule has 3 aromatic rings. The van der Waals surface area contributed by atoms with Gasteiger partial charge in [0.2, 0.25) is 0 Å². The van der Waals surface area contributed by atoms with Gasteiger partial charge in [0.1, 0.15) is 5.82 Å². The highest BCUT2D eigenvalue weighted by Gasteiger charge is 2.31. The van der Waals surface area contributed by atoms with Crippen molar-refractivity contribution < 1.29 is 13.9 Å². The number of aryl methyl sites for hydroxylation is 1. The zero-order chi connectivity index (χ0) is 19.7. The Morgan fingerprint density at radius 3 is 2.75 bits per heavy atom. The third kappa shape index (κ3) is 3.35. The fourth-order valence-electron chi connectivity index (χ4n) is 3.74. The number of carbonyl (C=O) groups excluding carboxylic acids is 1. The molecule has 1 amide bonds. The topological polar surface area (TPSA) is 60.2 Å². The largest absolute Gasteiger partial charge is 0.494 e. The van der Waals surface area contributed by atoms with Crippen molar-refractivity contribution in [1.82, 2.24) is 19.7 Å². The summed E-state index contributed by atoms with van der Waals surface area (Å²) in [5, 5.41) is 8.46. The SMILES string of the molecule is COc1cc(C(=O)N2Cc3nnc(C)n3[C@H](Cc3ccccc3)C2)ccc1F. The lowest BCUT2D eigenvalue weighted by molar-refractivity contribution is 0.0671. The first-order chi connectivity index (χ1) is 13.6. The quantitative estimate of drug-likeness (QED) is 0.698. The maximum absolute atomic E-state index is 13.7. The number of nitrogens with zero attached hydrogens (tertiary/aromatic N) is 4. The summed E-state index contributed by atoms with van der Waals surface area (Å²) in [4.78, 5) is 14.8. The van der Waals surface area contributed by atoms with Gasteiger partial charge >= 0.3 is 0 Å². The van der Waals surface area contributed by atoms with Gasteiger partial charge < -0.3 is 14.2 Å². The summed E-state index contributed by atoms with van der Waals surface area (Å²) in [5.41, 5.74) is 1.57. The van der Waals surface area contributed by atoms with Crippen molar-refractivity contribution in [2.75, 3.05) is 13.7 Å². The van der Waals surface area contributed by atoms with Crippen LogP contribution < -0.4 is 4.74 Å². The predicted octanol–water partition coefficient (Wildman–Crippen LogP) is 3.17. The van der Waals surface area contributed by atoms with E-state index in [-0.39, 0.29) is 17.7 Å². The van der Waals surface area contributed by atoms with Crippen molar-refractivity contribution >= 4 is 5.91 Å². The van der Waals surface area contributed by atoms with E-state index >= 15 is 0 Å². The molecule has 0 unspecified atom stereocenters. The van der Waals surface area contributed by atoms with Gasteiger partial charge in [-0.05, 0) is 37.1 Å². The summed E-state index contributed by atoms with van der Waals surface area (Å²) < 4.78 is 20.8. The van der Waals surface area contributed by atoms with Crippen molar-refractivity contribution in [3.63, 3.8) is 0 Å². The van der Waals surface area contributed by atoms with E-state index in [4.69, 9.17) is 4.74 Å². The lowest BCUT2D eigenvalue weighted by Crippen LogP contribution is -2.42. The molecular weight excluding hydrogens is 359 g/mol. The highest BCUT2D eigenvalue weighted by atomic mass is 19.1. The Bertz CT molecular complexity index is 1000. The molecule has 1 atom stereocenters. The molecule has 0 bridgehead atoms. The minimum Gasteiger partial charge on any atom is -0.494 e. The molecule has 0 spiro atoms. The van der Waals surface area contributed by atoms with Crippen molar-refractivity contribution in [2.24, 2.45) is 0 Å². The van der Waals surface area contributed by atoms with Crippen LogP contribution in [0.4, 0.5) is 4.39 Å². The highest BCUT2D eigenvalue weighted by molar-refractivity contribution is 5.94. The molecule has 4 rings (SSSR count). The first-order valence-corrected chi connectivity index (χ1v) is 9.14. The van der Waals surface area contributed by atoms with Crippen LogP contribution in [-0.2, 0) is 13.0 Å². The van der Waals surface area contributed by atoms with Gasteiger partial charge in [-0.15, -0.1) is 10.2 Å². The number of ether oxygens (including phenoxy) is 1. The summed E-state index contributed by atoms with van der Waals surface area (Å²) >= 11 is 0. The van der Waals surface area contributed by atoms with E-state index in [0.29, 0.717) is 18.7 Å². The summed E-state index contributed by atoms with van der Waals surface area (Å²) in [7, 11) is 1.38. The maximum atomic E-state index is 13.7. The monoisotopic (exact) mass is 380 g/mol. The Hall–Kier alpha value is -3.22. The molecule has 0 N–H and O–H groups in total. The Morgan fingerprint density at radius 1 is 1.21 bits per heavy atom. The molecule has 0 saturated carbocycles. The van der Waals surface area contributed by atoms with Crippen molar-refractivity contribution in [3.05, 3.63) is 77.1 Å². The predicted molar refractivity (Wildman–Crippen MR) is 102 cm³/mol. The number of benzene rings is 2. The van der Waals surface area contributed by atoms with E-state index in [1.807, 2.05) is 25.1 Å². The van der Waals surface area contributed by atoms with Gasteiger partial charge in [0.05, 0.1) is 19.7 Å². The molecule has 0 aliphatic carbocycles. The molecule has 7 heteroatoms. The average Bonchev–Trinajstić information content (AvgIpc) is 3.09. The molecule has 2 heterocycles. The minimum atomic E-state index is -0.491. The van der Waals surface area contributed by atoms with Gasteiger partial charge in [-0.3, -0.25) is 4.79 Å². The molecule has 0 saturated heterocycles. The van der Waals surface area contributed by atoms with Crippen molar-refractivity contribution in [1.29, 1.82) is 0 Å². The van der Waals surface area contributed by atoms with E-state index in [0.717, 1.165) is 18.1 Å². The number of hydrogen-bond acceptors (Lipinski definition) is 4. The van der Waals surface area contributed by atoms with Gasteiger partial charge in [-0.2, -0.15) is 0 Å². The van der Waals surface area contributed by atoms with Crippen LogP contribution >= 0.6 is 0 Å². The third-order valence-corrected chi connectivity index (χ3v) is 5.06. The molecule has 144 valence electrons. The second-order valence-corrected chi connectivity index (χ2v) is 6.91. The number of amides is 1. The molecule has 1 aromatic heterocycles. The van der Waals surface area contributed by atoms with Crippen LogP contribution in [0.25, 0.3) is 0 Å². The average molecular weight is 380 g/mol. The van der Waals surface area contributed by atoms with E-state index in [2.05, 4.69) is 26.9 Å². The molecule has 2 aromatic carbocycles. The number of methoxy groups -OCH3 is 1. The Balaban J connectivity index is 1.63. The molecule has 0 radical (unpaired) electrons. The van der Waals surface area contributed by atoms with Crippen molar-refractivity contribution in [3.8, 4) is 5.75 Å². The highest BCUT2D eigenvalue weighted by Crippen LogP contribution is 2.27. The fraction of sp³-hybridized carbons (Fsp3) is 0.286. The molecular formula is C21H21FN4O2.